The molecule has 2 heterocycles. The van der Waals surface area contributed by atoms with E-state index in [9.17, 15) is 9.59 Å². The van der Waals surface area contributed by atoms with E-state index in [2.05, 4.69) is 17.0 Å². The number of rotatable bonds is 5. The summed E-state index contributed by atoms with van der Waals surface area (Å²) in [5.41, 5.74) is 2.11. The fraction of sp³-hybridized carbons (Fsp3) is 0.154. The Labute approximate surface area is 212 Å². The van der Waals surface area contributed by atoms with Gasteiger partial charge in [-0.15, -0.1) is 0 Å². The number of hydrogen-bond acceptors (Lipinski definition) is 5. The number of carbonyl (C=O) groups excluding carboxylic acids is 2. The molecule has 3 aromatic rings. The second-order valence-corrected chi connectivity index (χ2v) is 9.92. The summed E-state index contributed by atoms with van der Waals surface area (Å²) in [5.74, 6) is -0.635. The van der Waals surface area contributed by atoms with Crippen molar-refractivity contribution in [3.8, 4) is 0 Å². The number of hydrogen-bond donors (Lipinski definition) is 0. The summed E-state index contributed by atoms with van der Waals surface area (Å²) >= 11 is 13.4. The lowest BCUT2D eigenvalue weighted by Crippen LogP contribution is -2.47. The molecule has 3 aromatic carbocycles. The minimum absolute atomic E-state index is 0.308. The average molecular weight is 510 g/mol. The highest BCUT2D eigenvalue weighted by atomic mass is 35.5. The van der Waals surface area contributed by atoms with E-state index >= 15 is 0 Å². The second kappa shape index (κ2) is 9.74. The summed E-state index contributed by atoms with van der Waals surface area (Å²) < 4.78 is 0. The first-order valence-electron chi connectivity index (χ1n) is 10.9. The highest BCUT2D eigenvalue weighted by Gasteiger charge is 2.43. The van der Waals surface area contributed by atoms with Crippen LogP contribution in [0.4, 0.5) is 11.4 Å². The van der Waals surface area contributed by atoms with E-state index in [0.29, 0.717) is 39.4 Å². The van der Waals surface area contributed by atoms with Crippen molar-refractivity contribution in [2.45, 2.75) is 4.90 Å². The summed E-state index contributed by atoms with van der Waals surface area (Å²) in [5, 5.41) is 1.16. The van der Waals surface area contributed by atoms with Crippen LogP contribution in [0, 0.1) is 0 Å². The van der Waals surface area contributed by atoms with Gasteiger partial charge in [0.1, 0.15) is 10.6 Å². The van der Waals surface area contributed by atoms with Gasteiger partial charge in [0.15, 0.2) is 0 Å². The zero-order valence-corrected chi connectivity index (χ0v) is 20.5. The van der Waals surface area contributed by atoms with Gasteiger partial charge in [-0.3, -0.25) is 9.59 Å². The first-order chi connectivity index (χ1) is 16.5. The molecule has 0 atom stereocenters. The van der Waals surface area contributed by atoms with E-state index in [1.807, 2.05) is 35.2 Å². The van der Waals surface area contributed by atoms with Gasteiger partial charge in [0, 0.05) is 46.8 Å². The third kappa shape index (κ3) is 4.53. The van der Waals surface area contributed by atoms with Crippen molar-refractivity contribution in [1.29, 1.82) is 0 Å². The highest BCUT2D eigenvalue weighted by Crippen LogP contribution is 2.39. The minimum Gasteiger partial charge on any atom is -0.368 e. The number of piperazine rings is 1. The SMILES string of the molecule is O=C1C(Sc2ccc(Cl)cc2)=C(N2CCN(c3ccccc3)CC2)C(=O)N1c1ccc(Cl)cc1. The van der Waals surface area contributed by atoms with E-state index in [-0.39, 0.29) is 11.8 Å². The number of halogens is 2. The third-order valence-corrected chi connectivity index (χ3v) is 7.44. The maximum Gasteiger partial charge on any atom is 0.283 e. The number of anilines is 2. The van der Waals surface area contributed by atoms with Gasteiger partial charge in [-0.2, -0.15) is 0 Å². The quantitative estimate of drug-likeness (QED) is 0.413. The van der Waals surface area contributed by atoms with Crippen LogP contribution in [0.2, 0.25) is 10.0 Å². The third-order valence-electron chi connectivity index (χ3n) is 5.85. The van der Waals surface area contributed by atoms with Crippen LogP contribution >= 0.6 is 35.0 Å². The van der Waals surface area contributed by atoms with Crippen molar-refractivity contribution in [3.63, 3.8) is 0 Å². The molecule has 8 heteroatoms. The van der Waals surface area contributed by atoms with Crippen molar-refractivity contribution >= 4 is 58.2 Å². The van der Waals surface area contributed by atoms with Crippen molar-refractivity contribution in [1.82, 2.24) is 4.90 Å². The van der Waals surface area contributed by atoms with E-state index in [4.69, 9.17) is 23.2 Å². The van der Waals surface area contributed by atoms with Crippen molar-refractivity contribution < 1.29 is 9.59 Å². The Morgan fingerprint density at radius 2 is 1.18 bits per heavy atom. The van der Waals surface area contributed by atoms with Gasteiger partial charge >= 0.3 is 0 Å². The molecule has 2 aliphatic rings. The molecule has 2 amide bonds. The van der Waals surface area contributed by atoms with Crippen molar-refractivity contribution in [2.24, 2.45) is 0 Å². The lowest BCUT2D eigenvalue weighted by atomic mass is 10.2. The van der Waals surface area contributed by atoms with Crippen LogP contribution in [0.1, 0.15) is 0 Å². The van der Waals surface area contributed by atoms with E-state index < -0.39 is 0 Å². The predicted molar refractivity (Wildman–Crippen MR) is 139 cm³/mol. The van der Waals surface area contributed by atoms with E-state index in [1.54, 1.807) is 36.4 Å². The van der Waals surface area contributed by atoms with Gasteiger partial charge in [-0.1, -0.05) is 53.2 Å². The van der Waals surface area contributed by atoms with Crippen LogP contribution in [-0.2, 0) is 9.59 Å². The molecule has 0 aliphatic carbocycles. The Balaban J connectivity index is 1.45. The summed E-state index contributed by atoms with van der Waals surface area (Å²) in [4.78, 5) is 34.0. The normalized spacial score (nSPS) is 16.6. The molecule has 34 heavy (non-hydrogen) atoms. The van der Waals surface area contributed by atoms with Gasteiger partial charge in [-0.05, 0) is 60.7 Å². The van der Waals surface area contributed by atoms with E-state index in [1.165, 1.54) is 16.7 Å². The number of para-hydroxylation sites is 1. The van der Waals surface area contributed by atoms with Gasteiger partial charge in [0.05, 0.1) is 5.69 Å². The molecule has 172 valence electrons. The first-order valence-corrected chi connectivity index (χ1v) is 12.5. The number of thioether (sulfide) groups is 1. The van der Waals surface area contributed by atoms with Crippen LogP contribution in [-0.4, -0.2) is 42.9 Å². The standard InChI is InChI=1S/C26H21Cl2N3O2S/c27-18-6-10-21(11-7-18)31-25(32)23(24(26(31)33)34-22-12-8-19(28)9-13-22)30-16-14-29(15-17-30)20-4-2-1-3-5-20/h1-13H,14-17H2. The number of nitrogens with zero attached hydrogens (tertiary/aromatic N) is 3. The Kier molecular flexibility index (Phi) is 6.55. The molecule has 0 unspecified atom stereocenters. The fourth-order valence-corrected chi connectivity index (χ4v) is 5.39. The van der Waals surface area contributed by atoms with Crippen LogP contribution in [0.3, 0.4) is 0 Å². The predicted octanol–water partition coefficient (Wildman–Crippen LogP) is 5.69. The second-order valence-electron chi connectivity index (χ2n) is 7.97. The average Bonchev–Trinajstić information content (AvgIpc) is 3.11. The molecule has 0 radical (unpaired) electrons. The monoisotopic (exact) mass is 509 g/mol. The van der Waals surface area contributed by atoms with Crippen molar-refractivity contribution in [3.05, 3.63) is 99.5 Å². The minimum atomic E-state index is -0.326. The first kappa shape index (κ1) is 22.8. The molecule has 5 nitrogen and oxygen atoms in total. The van der Waals surface area contributed by atoms with Crippen molar-refractivity contribution in [2.75, 3.05) is 36.0 Å². The van der Waals surface area contributed by atoms with Gasteiger partial charge in [0.25, 0.3) is 11.8 Å². The molecule has 0 bridgehead atoms. The number of imide groups is 1. The van der Waals surface area contributed by atoms with Gasteiger partial charge in [-0.25, -0.2) is 4.90 Å². The molecule has 0 N–H and O–H groups in total. The van der Waals surface area contributed by atoms with Gasteiger partial charge in [0.2, 0.25) is 0 Å². The summed E-state index contributed by atoms with van der Waals surface area (Å²) in [6, 6.07) is 24.2. The maximum atomic E-state index is 13.6. The van der Waals surface area contributed by atoms with Gasteiger partial charge < -0.3 is 9.80 Å². The molecular weight excluding hydrogens is 489 g/mol. The topological polar surface area (TPSA) is 43.9 Å². The fourth-order valence-electron chi connectivity index (χ4n) is 4.14. The molecular formula is C26H21Cl2N3O2S. The Hall–Kier alpha value is -2.93. The molecule has 0 saturated carbocycles. The molecule has 1 fully saturated rings. The van der Waals surface area contributed by atoms with Crippen LogP contribution < -0.4 is 9.80 Å². The van der Waals surface area contributed by atoms with Crippen LogP contribution in [0.5, 0.6) is 0 Å². The zero-order valence-electron chi connectivity index (χ0n) is 18.2. The Morgan fingerprint density at radius 1 is 0.618 bits per heavy atom. The summed E-state index contributed by atoms with van der Waals surface area (Å²) in [6.07, 6.45) is 0. The molecule has 5 rings (SSSR count). The summed E-state index contributed by atoms with van der Waals surface area (Å²) in [6.45, 7) is 2.80. The number of carbonyl (C=O) groups is 2. The Morgan fingerprint density at radius 3 is 1.79 bits per heavy atom. The lowest BCUT2D eigenvalue weighted by Gasteiger charge is -2.37. The number of amides is 2. The smallest absolute Gasteiger partial charge is 0.283 e. The van der Waals surface area contributed by atoms with E-state index in [0.717, 1.165) is 23.7 Å². The highest BCUT2D eigenvalue weighted by molar-refractivity contribution is 8.04. The molecule has 1 saturated heterocycles. The Bertz CT molecular complexity index is 1240. The van der Waals surface area contributed by atoms with Crippen LogP contribution in [0.15, 0.2) is 94.4 Å². The number of benzene rings is 3. The summed E-state index contributed by atoms with van der Waals surface area (Å²) in [7, 11) is 0. The zero-order chi connectivity index (χ0) is 23.7. The lowest BCUT2D eigenvalue weighted by molar-refractivity contribution is -0.121. The largest absolute Gasteiger partial charge is 0.368 e. The maximum absolute atomic E-state index is 13.6. The molecule has 0 aromatic heterocycles. The molecule has 0 spiro atoms. The molecule has 2 aliphatic heterocycles. The van der Waals surface area contributed by atoms with Crippen LogP contribution in [0.25, 0.3) is 0 Å².